The number of oxime groups is 1. The minimum Gasteiger partial charge on any atom is -0.409 e. The van der Waals surface area contributed by atoms with Crippen LogP contribution in [-0.2, 0) is 14.8 Å². The molecule has 0 aromatic rings. The van der Waals surface area contributed by atoms with Crippen LogP contribution in [0.15, 0.2) is 5.16 Å². The molecular formula is C10H21N3O4S. The van der Waals surface area contributed by atoms with Gasteiger partial charge in [-0.15, -0.1) is 0 Å². The molecule has 0 aromatic heterocycles. The first-order valence-corrected chi connectivity index (χ1v) is 7.61. The smallest absolute Gasteiger partial charge is 0.211 e. The van der Waals surface area contributed by atoms with E-state index in [2.05, 4.69) is 9.88 Å². The Kier molecular flexibility index (Phi) is 5.83. The lowest BCUT2D eigenvalue weighted by Gasteiger charge is -2.19. The number of rotatable bonds is 7. The third kappa shape index (κ3) is 4.43. The van der Waals surface area contributed by atoms with Gasteiger partial charge in [0.1, 0.15) is 5.84 Å². The Labute approximate surface area is 107 Å². The molecule has 4 N–H and O–H groups in total. The number of hydrogen-bond acceptors (Lipinski definition) is 5. The van der Waals surface area contributed by atoms with Crippen molar-refractivity contribution in [3.8, 4) is 0 Å². The highest BCUT2D eigenvalue weighted by Crippen LogP contribution is 2.26. The molecule has 2 atom stereocenters. The summed E-state index contributed by atoms with van der Waals surface area (Å²) in [6.45, 7) is 0.412. The first kappa shape index (κ1) is 15.2. The Bertz CT molecular complexity index is 383. The minimum atomic E-state index is -3.33. The van der Waals surface area contributed by atoms with E-state index >= 15 is 0 Å². The van der Waals surface area contributed by atoms with Crippen molar-refractivity contribution in [1.29, 1.82) is 0 Å². The third-order valence-electron chi connectivity index (χ3n) is 3.10. The van der Waals surface area contributed by atoms with Crippen molar-refractivity contribution in [2.45, 2.75) is 31.7 Å². The highest BCUT2D eigenvalue weighted by atomic mass is 32.2. The summed E-state index contributed by atoms with van der Waals surface area (Å²) >= 11 is 0. The van der Waals surface area contributed by atoms with E-state index in [4.69, 9.17) is 15.7 Å². The number of sulfonamides is 1. The van der Waals surface area contributed by atoms with Crippen molar-refractivity contribution in [3.05, 3.63) is 0 Å². The van der Waals surface area contributed by atoms with Gasteiger partial charge >= 0.3 is 0 Å². The fraction of sp³-hybridized carbons (Fsp3) is 0.900. The first-order valence-electron chi connectivity index (χ1n) is 5.96. The Balaban J connectivity index is 2.55. The van der Waals surface area contributed by atoms with Crippen molar-refractivity contribution in [2.75, 3.05) is 19.5 Å². The number of ether oxygens (including phenoxy) is 1. The summed E-state index contributed by atoms with van der Waals surface area (Å²) in [7, 11) is -1.80. The van der Waals surface area contributed by atoms with Crippen molar-refractivity contribution in [3.63, 3.8) is 0 Å². The van der Waals surface area contributed by atoms with Gasteiger partial charge in [-0.05, 0) is 19.3 Å². The van der Waals surface area contributed by atoms with Gasteiger partial charge in [-0.3, -0.25) is 0 Å². The van der Waals surface area contributed by atoms with Crippen LogP contribution in [0.25, 0.3) is 0 Å². The average molecular weight is 279 g/mol. The highest BCUT2D eigenvalue weighted by molar-refractivity contribution is 7.89. The second kappa shape index (κ2) is 6.91. The zero-order valence-electron chi connectivity index (χ0n) is 10.5. The summed E-state index contributed by atoms with van der Waals surface area (Å²) in [4.78, 5) is 0. The lowest BCUT2D eigenvalue weighted by Crippen LogP contribution is -2.43. The number of nitrogens with one attached hydrogen (secondary N) is 1. The van der Waals surface area contributed by atoms with Crippen LogP contribution < -0.4 is 10.5 Å². The predicted molar refractivity (Wildman–Crippen MR) is 68.0 cm³/mol. The molecule has 1 saturated carbocycles. The van der Waals surface area contributed by atoms with Gasteiger partial charge in [0, 0.05) is 25.7 Å². The summed E-state index contributed by atoms with van der Waals surface area (Å²) in [6.07, 6.45) is 2.77. The molecule has 0 radical (unpaired) electrons. The Morgan fingerprint density at radius 1 is 1.56 bits per heavy atom. The molecule has 106 valence electrons. The van der Waals surface area contributed by atoms with E-state index in [1.54, 1.807) is 0 Å². The second-order valence-electron chi connectivity index (χ2n) is 4.45. The SMILES string of the molecule is COCCCS(=O)(=O)NC1CCCC1C(N)=NO. The third-order valence-corrected chi connectivity index (χ3v) is 4.59. The van der Waals surface area contributed by atoms with E-state index in [1.165, 1.54) is 7.11 Å². The zero-order chi connectivity index (χ0) is 13.6. The Hall–Kier alpha value is -0.860. The average Bonchev–Trinajstić information content (AvgIpc) is 2.75. The molecule has 0 heterocycles. The molecule has 1 rings (SSSR count). The quantitative estimate of drug-likeness (QED) is 0.197. The number of nitrogens with zero attached hydrogens (tertiary/aromatic N) is 1. The monoisotopic (exact) mass is 279 g/mol. The molecule has 8 heteroatoms. The molecule has 0 amide bonds. The summed E-state index contributed by atoms with van der Waals surface area (Å²) < 4.78 is 31.1. The van der Waals surface area contributed by atoms with E-state index < -0.39 is 10.0 Å². The largest absolute Gasteiger partial charge is 0.409 e. The maximum atomic E-state index is 11.8. The van der Waals surface area contributed by atoms with Gasteiger partial charge in [0.05, 0.1) is 5.75 Å². The molecule has 1 fully saturated rings. The van der Waals surface area contributed by atoms with Gasteiger partial charge in [-0.25, -0.2) is 13.1 Å². The molecule has 0 aliphatic heterocycles. The van der Waals surface area contributed by atoms with Gasteiger partial charge in [0.15, 0.2) is 0 Å². The molecule has 0 spiro atoms. The number of nitrogens with two attached hydrogens (primary N) is 1. The summed E-state index contributed by atoms with van der Waals surface area (Å²) in [5.41, 5.74) is 5.55. The van der Waals surface area contributed by atoms with Crippen LogP contribution in [0.5, 0.6) is 0 Å². The van der Waals surface area contributed by atoms with Crippen LogP contribution in [0.4, 0.5) is 0 Å². The van der Waals surface area contributed by atoms with Gasteiger partial charge in [0.2, 0.25) is 10.0 Å². The van der Waals surface area contributed by atoms with Crippen molar-refractivity contribution in [2.24, 2.45) is 16.8 Å². The number of amidine groups is 1. The summed E-state index contributed by atoms with van der Waals surface area (Å²) in [6, 6.07) is -0.270. The number of methoxy groups -OCH3 is 1. The van der Waals surface area contributed by atoms with Crippen LogP contribution in [0.3, 0.4) is 0 Å². The van der Waals surface area contributed by atoms with Crippen LogP contribution in [-0.4, -0.2) is 45.0 Å². The summed E-state index contributed by atoms with van der Waals surface area (Å²) in [5, 5.41) is 11.6. The molecule has 18 heavy (non-hydrogen) atoms. The maximum absolute atomic E-state index is 11.8. The molecule has 7 nitrogen and oxygen atoms in total. The van der Waals surface area contributed by atoms with E-state index in [9.17, 15) is 8.42 Å². The van der Waals surface area contributed by atoms with Crippen molar-refractivity contribution >= 4 is 15.9 Å². The lowest BCUT2D eigenvalue weighted by atomic mass is 10.0. The van der Waals surface area contributed by atoms with E-state index in [0.29, 0.717) is 19.4 Å². The lowest BCUT2D eigenvalue weighted by molar-refractivity contribution is 0.199. The molecule has 0 aromatic carbocycles. The normalized spacial score (nSPS) is 25.5. The van der Waals surface area contributed by atoms with E-state index in [0.717, 1.165) is 12.8 Å². The maximum Gasteiger partial charge on any atom is 0.211 e. The molecule has 1 aliphatic carbocycles. The van der Waals surface area contributed by atoms with Gasteiger partial charge in [-0.1, -0.05) is 11.6 Å². The van der Waals surface area contributed by atoms with E-state index in [1.807, 2.05) is 0 Å². The van der Waals surface area contributed by atoms with Crippen LogP contribution in [0.2, 0.25) is 0 Å². The number of hydrogen-bond donors (Lipinski definition) is 3. The second-order valence-corrected chi connectivity index (χ2v) is 6.33. The highest BCUT2D eigenvalue weighted by Gasteiger charge is 2.33. The molecule has 2 unspecified atom stereocenters. The predicted octanol–water partition coefficient (Wildman–Crippen LogP) is -0.143. The van der Waals surface area contributed by atoms with Crippen LogP contribution in [0, 0.1) is 5.92 Å². The van der Waals surface area contributed by atoms with Crippen molar-refractivity contribution in [1.82, 2.24) is 4.72 Å². The zero-order valence-corrected chi connectivity index (χ0v) is 11.3. The Morgan fingerprint density at radius 2 is 2.28 bits per heavy atom. The van der Waals surface area contributed by atoms with Gasteiger partial charge < -0.3 is 15.7 Å². The fourth-order valence-electron chi connectivity index (χ4n) is 2.21. The molecule has 0 bridgehead atoms. The molecule has 1 aliphatic rings. The van der Waals surface area contributed by atoms with Crippen LogP contribution in [0.1, 0.15) is 25.7 Å². The Morgan fingerprint density at radius 3 is 2.89 bits per heavy atom. The van der Waals surface area contributed by atoms with Crippen molar-refractivity contribution < 1.29 is 18.4 Å². The topological polar surface area (TPSA) is 114 Å². The summed E-state index contributed by atoms with van der Waals surface area (Å²) in [5.74, 6) is -0.0930. The first-order chi connectivity index (χ1) is 8.50. The van der Waals surface area contributed by atoms with Gasteiger partial charge in [0.25, 0.3) is 0 Å². The molecular weight excluding hydrogens is 258 g/mol. The molecule has 0 saturated heterocycles. The standard InChI is InChI=1S/C10H21N3O4S/c1-17-6-3-7-18(15,16)13-9-5-2-4-8(9)10(11)12-14/h8-9,13-14H,2-7H2,1H3,(H2,11,12). The van der Waals surface area contributed by atoms with Crippen LogP contribution >= 0.6 is 0 Å². The fourth-order valence-corrected chi connectivity index (χ4v) is 3.57. The van der Waals surface area contributed by atoms with E-state index in [-0.39, 0.29) is 23.5 Å². The minimum absolute atomic E-state index is 0.0280. The van der Waals surface area contributed by atoms with Gasteiger partial charge in [-0.2, -0.15) is 0 Å².